The van der Waals surface area contributed by atoms with Crippen LogP contribution in [0.3, 0.4) is 0 Å². The van der Waals surface area contributed by atoms with Gasteiger partial charge in [-0.15, -0.1) is 0 Å². The topological polar surface area (TPSA) is 78.9 Å². The molecule has 0 aromatic rings. The lowest BCUT2D eigenvalue weighted by Crippen LogP contribution is -2.30. The molecule has 0 aromatic carbocycles. The van der Waals surface area contributed by atoms with E-state index in [0.29, 0.717) is 19.3 Å². The number of unbranched alkanes of at least 4 members (excludes halogenated alkanes) is 46. The molecule has 1 unspecified atom stereocenters. The fourth-order valence-corrected chi connectivity index (χ4v) is 10.8. The first-order chi connectivity index (χ1) is 40.5. The number of esters is 3. The summed E-state index contributed by atoms with van der Waals surface area (Å²) in [7, 11) is 0. The van der Waals surface area contributed by atoms with Gasteiger partial charge in [0.25, 0.3) is 0 Å². The largest absolute Gasteiger partial charge is 0.462 e. The molecule has 0 radical (unpaired) electrons. The molecule has 0 bridgehead atoms. The molecule has 0 rings (SSSR count). The molecule has 0 amide bonds. The number of allylic oxidation sites excluding steroid dienone is 10. The van der Waals surface area contributed by atoms with Crippen LogP contribution in [0.25, 0.3) is 0 Å². The fraction of sp³-hybridized carbons (Fsp3) is 0.829. The Morgan fingerprint density at radius 1 is 0.256 bits per heavy atom. The number of hydrogen-bond donors (Lipinski definition) is 0. The van der Waals surface area contributed by atoms with E-state index in [0.717, 1.165) is 89.9 Å². The summed E-state index contributed by atoms with van der Waals surface area (Å²) in [5.41, 5.74) is 0. The molecule has 0 aliphatic carbocycles. The lowest BCUT2D eigenvalue weighted by molar-refractivity contribution is -0.167. The van der Waals surface area contributed by atoms with Crippen LogP contribution in [0.15, 0.2) is 60.8 Å². The van der Waals surface area contributed by atoms with Crippen LogP contribution < -0.4 is 0 Å². The highest BCUT2D eigenvalue weighted by atomic mass is 16.6. The zero-order chi connectivity index (χ0) is 59.2. The van der Waals surface area contributed by atoms with E-state index >= 15 is 0 Å². The molecule has 0 saturated carbocycles. The Balaban J connectivity index is 4.08. The van der Waals surface area contributed by atoms with Gasteiger partial charge >= 0.3 is 17.9 Å². The van der Waals surface area contributed by atoms with Crippen LogP contribution in [0, 0.1) is 0 Å². The summed E-state index contributed by atoms with van der Waals surface area (Å²) in [6, 6.07) is 0. The van der Waals surface area contributed by atoms with Crippen molar-refractivity contribution < 1.29 is 28.6 Å². The van der Waals surface area contributed by atoms with Crippen LogP contribution in [-0.4, -0.2) is 37.2 Å². The van der Waals surface area contributed by atoms with Gasteiger partial charge in [-0.05, 0) is 83.5 Å². The molecule has 0 fully saturated rings. The van der Waals surface area contributed by atoms with Crippen LogP contribution in [0.5, 0.6) is 0 Å². The van der Waals surface area contributed by atoms with Crippen molar-refractivity contribution in [3.05, 3.63) is 60.8 Å². The highest BCUT2D eigenvalue weighted by molar-refractivity contribution is 5.71. The van der Waals surface area contributed by atoms with Crippen LogP contribution in [-0.2, 0) is 28.6 Å². The van der Waals surface area contributed by atoms with Crippen molar-refractivity contribution in [2.45, 2.75) is 393 Å². The van der Waals surface area contributed by atoms with Crippen molar-refractivity contribution in [2.75, 3.05) is 13.2 Å². The smallest absolute Gasteiger partial charge is 0.306 e. The first kappa shape index (κ1) is 79.1. The van der Waals surface area contributed by atoms with Gasteiger partial charge in [-0.3, -0.25) is 14.4 Å². The summed E-state index contributed by atoms with van der Waals surface area (Å²) in [4.78, 5) is 38.4. The van der Waals surface area contributed by atoms with E-state index < -0.39 is 6.10 Å². The molecule has 6 heteroatoms. The van der Waals surface area contributed by atoms with Gasteiger partial charge in [-0.2, -0.15) is 0 Å². The normalized spacial score (nSPS) is 12.4. The predicted octanol–water partition coefficient (Wildman–Crippen LogP) is 25.1. The lowest BCUT2D eigenvalue weighted by atomic mass is 10.0. The van der Waals surface area contributed by atoms with Crippen molar-refractivity contribution in [3.63, 3.8) is 0 Å². The summed E-state index contributed by atoms with van der Waals surface area (Å²) in [6.07, 6.45) is 91.3. The highest BCUT2D eigenvalue weighted by Crippen LogP contribution is 2.19. The Kier molecular flexibility index (Phi) is 68.1. The van der Waals surface area contributed by atoms with Crippen molar-refractivity contribution in [1.82, 2.24) is 0 Å². The predicted molar refractivity (Wildman–Crippen MR) is 358 cm³/mol. The number of carbonyl (C=O) groups is 3. The minimum atomic E-state index is -0.773. The summed E-state index contributed by atoms with van der Waals surface area (Å²) in [5, 5.41) is 0. The maximum Gasteiger partial charge on any atom is 0.306 e. The first-order valence-corrected chi connectivity index (χ1v) is 36.3. The van der Waals surface area contributed by atoms with Crippen molar-refractivity contribution in [2.24, 2.45) is 0 Å². The molecular weight excluding hydrogens is 1010 g/mol. The molecule has 0 aliphatic heterocycles. The number of carbonyl (C=O) groups excluding carboxylic acids is 3. The van der Waals surface area contributed by atoms with E-state index in [4.69, 9.17) is 14.2 Å². The third-order valence-corrected chi connectivity index (χ3v) is 16.3. The van der Waals surface area contributed by atoms with E-state index in [1.165, 1.54) is 257 Å². The molecule has 6 nitrogen and oxygen atoms in total. The van der Waals surface area contributed by atoms with Crippen LogP contribution in [0.4, 0.5) is 0 Å². The number of ether oxygens (including phenoxy) is 3. The molecule has 0 N–H and O–H groups in total. The second-order valence-electron chi connectivity index (χ2n) is 24.5. The van der Waals surface area contributed by atoms with Crippen molar-refractivity contribution >= 4 is 17.9 Å². The monoisotopic (exact) mass is 1150 g/mol. The molecule has 478 valence electrons. The molecule has 0 aliphatic rings. The maximum atomic E-state index is 12.9. The van der Waals surface area contributed by atoms with Gasteiger partial charge in [0.1, 0.15) is 13.2 Å². The molecular formula is C76H138O6. The average Bonchev–Trinajstić information content (AvgIpc) is 3.48. The minimum Gasteiger partial charge on any atom is -0.462 e. The average molecular weight is 1150 g/mol. The maximum absolute atomic E-state index is 12.9. The quantitative estimate of drug-likeness (QED) is 0.0261. The summed E-state index contributed by atoms with van der Waals surface area (Å²) < 4.78 is 17.0. The van der Waals surface area contributed by atoms with E-state index in [2.05, 4.69) is 81.5 Å². The second kappa shape index (κ2) is 70.6. The third kappa shape index (κ3) is 67.9. The van der Waals surface area contributed by atoms with Crippen molar-refractivity contribution in [3.8, 4) is 0 Å². The van der Waals surface area contributed by atoms with Crippen molar-refractivity contribution in [1.29, 1.82) is 0 Å². The van der Waals surface area contributed by atoms with Crippen LogP contribution in [0.2, 0.25) is 0 Å². The van der Waals surface area contributed by atoms with E-state index in [1.807, 2.05) is 0 Å². The van der Waals surface area contributed by atoms with E-state index in [1.54, 1.807) is 0 Å². The number of hydrogen-bond acceptors (Lipinski definition) is 6. The minimum absolute atomic E-state index is 0.0696. The summed E-state index contributed by atoms with van der Waals surface area (Å²) >= 11 is 0. The van der Waals surface area contributed by atoms with Crippen LogP contribution >= 0.6 is 0 Å². The zero-order valence-electron chi connectivity index (χ0n) is 55.0. The Morgan fingerprint density at radius 3 is 0.756 bits per heavy atom. The van der Waals surface area contributed by atoms with Gasteiger partial charge < -0.3 is 14.2 Å². The standard InChI is InChI=1S/C76H138O6/c1-4-7-10-13-16-19-22-25-28-29-30-31-32-33-34-35-36-37-38-39-40-41-42-43-44-45-46-47-49-51-54-57-60-63-66-69-75(78)81-72-73(71-80-74(77)68-65-62-59-56-53-50-27-24-21-18-15-12-9-6-3)82-76(79)70-67-64-61-58-55-52-48-26-23-20-17-14-11-8-5-2/h7,10,16,19,24-25,27-28,30-31,73H,4-6,8-9,11-15,17-18,20-23,26,29,32-72H2,1-3H3/b10-7-,19-16-,27-24-,28-25-,31-30-. The van der Waals surface area contributed by atoms with Crippen LogP contribution in [0.1, 0.15) is 387 Å². The summed E-state index contributed by atoms with van der Waals surface area (Å²) in [5.74, 6) is -0.851. The Hall–Kier alpha value is -2.89. The second-order valence-corrected chi connectivity index (χ2v) is 24.5. The zero-order valence-corrected chi connectivity index (χ0v) is 55.0. The molecule has 0 saturated heterocycles. The van der Waals surface area contributed by atoms with Gasteiger partial charge in [-0.1, -0.05) is 345 Å². The van der Waals surface area contributed by atoms with Gasteiger partial charge in [-0.25, -0.2) is 0 Å². The Bertz CT molecular complexity index is 1460. The molecule has 0 aromatic heterocycles. The highest BCUT2D eigenvalue weighted by Gasteiger charge is 2.19. The van der Waals surface area contributed by atoms with E-state index in [9.17, 15) is 14.4 Å². The Morgan fingerprint density at radius 2 is 0.476 bits per heavy atom. The molecule has 1 atom stereocenters. The van der Waals surface area contributed by atoms with Gasteiger partial charge in [0.15, 0.2) is 6.10 Å². The lowest BCUT2D eigenvalue weighted by Gasteiger charge is -2.18. The molecule has 0 heterocycles. The van der Waals surface area contributed by atoms with E-state index in [-0.39, 0.29) is 31.1 Å². The van der Waals surface area contributed by atoms with Gasteiger partial charge in [0, 0.05) is 19.3 Å². The molecule has 82 heavy (non-hydrogen) atoms. The SMILES string of the molecule is CC/C=C\C/C=C\C/C=C\C/C=C\CCCCCCCCCCCCCCCCCCCCCCCCC(=O)OCC(COC(=O)CCCCCCC/C=C\CCCCCCC)OC(=O)CCCCCCCCCCCCCCCCC. The Labute approximate surface area is 510 Å². The first-order valence-electron chi connectivity index (χ1n) is 36.3. The van der Waals surface area contributed by atoms with Gasteiger partial charge in [0.05, 0.1) is 0 Å². The third-order valence-electron chi connectivity index (χ3n) is 16.3. The summed E-state index contributed by atoms with van der Waals surface area (Å²) in [6.45, 7) is 6.57. The molecule has 0 spiro atoms. The number of rotatable bonds is 67. The fourth-order valence-electron chi connectivity index (χ4n) is 10.8. The van der Waals surface area contributed by atoms with Gasteiger partial charge in [0.2, 0.25) is 0 Å².